The molecule has 0 aliphatic carbocycles. The van der Waals surface area contributed by atoms with Gasteiger partial charge in [0.2, 0.25) is 0 Å². The van der Waals surface area contributed by atoms with Crippen molar-refractivity contribution in [3.05, 3.63) is 24.3 Å². The molecule has 130 valence electrons. The van der Waals surface area contributed by atoms with Gasteiger partial charge in [0.25, 0.3) is 5.91 Å². The average molecular weight is 343 g/mol. The minimum atomic E-state index is -0.0644. The quantitative estimate of drug-likeness (QED) is 0.799. The number of amides is 1. The molecule has 1 saturated heterocycles. The lowest BCUT2D eigenvalue weighted by Gasteiger charge is -2.28. The molecule has 2 unspecified atom stereocenters. The van der Waals surface area contributed by atoms with Crippen molar-refractivity contribution in [3.63, 3.8) is 0 Å². The number of nitrogens with one attached hydrogen (secondary N) is 2. The SMILES string of the molecule is CCCOc1ccc(OCC(=O)NC2CCNC(C)C2)cc1.Cl. The third-order valence-electron chi connectivity index (χ3n) is 3.66. The molecule has 0 bridgehead atoms. The minimum absolute atomic E-state index is 0. The van der Waals surface area contributed by atoms with Crippen LogP contribution in [0.15, 0.2) is 24.3 Å². The zero-order valence-electron chi connectivity index (χ0n) is 13.8. The summed E-state index contributed by atoms with van der Waals surface area (Å²) in [5, 5.41) is 6.40. The first-order chi connectivity index (χ1) is 10.7. The van der Waals surface area contributed by atoms with E-state index in [0.717, 1.165) is 31.6 Å². The standard InChI is InChI=1S/C17H26N2O3.ClH/c1-3-10-21-15-4-6-16(7-5-15)22-12-17(20)19-14-8-9-18-13(2)11-14;/h4-7,13-14,18H,3,8-12H2,1-2H3,(H,19,20);1H. The Morgan fingerprint density at radius 2 is 1.91 bits per heavy atom. The summed E-state index contributed by atoms with van der Waals surface area (Å²) in [6.45, 7) is 5.91. The van der Waals surface area contributed by atoms with Gasteiger partial charge in [-0.2, -0.15) is 0 Å². The highest BCUT2D eigenvalue weighted by molar-refractivity contribution is 5.85. The van der Waals surface area contributed by atoms with Gasteiger partial charge in [0, 0.05) is 12.1 Å². The van der Waals surface area contributed by atoms with E-state index in [1.165, 1.54) is 0 Å². The molecule has 0 saturated carbocycles. The maximum Gasteiger partial charge on any atom is 0.258 e. The summed E-state index contributed by atoms with van der Waals surface area (Å²) in [5.41, 5.74) is 0. The fraction of sp³-hybridized carbons (Fsp3) is 0.588. The van der Waals surface area contributed by atoms with Gasteiger partial charge in [-0.25, -0.2) is 0 Å². The van der Waals surface area contributed by atoms with Crippen molar-refractivity contribution in [1.82, 2.24) is 10.6 Å². The van der Waals surface area contributed by atoms with Gasteiger partial charge in [-0.05, 0) is 57.0 Å². The molecule has 2 atom stereocenters. The van der Waals surface area contributed by atoms with Crippen LogP contribution in [0, 0.1) is 0 Å². The van der Waals surface area contributed by atoms with E-state index in [-0.39, 0.29) is 31.0 Å². The molecule has 1 aromatic rings. The van der Waals surface area contributed by atoms with Gasteiger partial charge in [0.15, 0.2) is 6.61 Å². The zero-order valence-corrected chi connectivity index (χ0v) is 14.7. The fourth-order valence-corrected chi connectivity index (χ4v) is 2.53. The molecule has 1 aromatic carbocycles. The molecule has 6 heteroatoms. The molecular weight excluding hydrogens is 316 g/mol. The van der Waals surface area contributed by atoms with Crippen molar-refractivity contribution in [2.24, 2.45) is 0 Å². The number of carbonyl (C=O) groups excluding carboxylic acids is 1. The van der Waals surface area contributed by atoms with E-state index in [0.29, 0.717) is 18.4 Å². The monoisotopic (exact) mass is 342 g/mol. The number of hydrogen-bond donors (Lipinski definition) is 2. The molecule has 0 radical (unpaired) electrons. The third kappa shape index (κ3) is 7.10. The maximum absolute atomic E-state index is 11.9. The number of ether oxygens (including phenoxy) is 2. The summed E-state index contributed by atoms with van der Waals surface area (Å²) in [4.78, 5) is 11.9. The van der Waals surface area contributed by atoms with Crippen molar-refractivity contribution in [3.8, 4) is 11.5 Å². The van der Waals surface area contributed by atoms with E-state index in [9.17, 15) is 4.79 Å². The molecule has 2 rings (SSSR count). The molecule has 2 N–H and O–H groups in total. The number of rotatable bonds is 7. The Kier molecular flexibility index (Phi) is 8.81. The van der Waals surface area contributed by atoms with E-state index in [2.05, 4.69) is 24.5 Å². The van der Waals surface area contributed by atoms with Crippen molar-refractivity contribution in [1.29, 1.82) is 0 Å². The van der Waals surface area contributed by atoms with Gasteiger partial charge in [-0.3, -0.25) is 4.79 Å². The summed E-state index contributed by atoms with van der Waals surface area (Å²) < 4.78 is 11.0. The Bertz CT molecular complexity index is 467. The lowest BCUT2D eigenvalue weighted by Crippen LogP contribution is -2.47. The van der Waals surface area contributed by atoms with Gasteiger partial charge in [0.05, 0.1) is 6.61 Å². The fourth-order valence-electron chi connectivity index (χ4n) is 2.53. The summed E-state index contributed by atoms with van der Waals surface area (Å²) >= 11 is 0. The average Bonchev–Trinajstić information content (AvgIpc) is 2.52. The van der Waals surface area contributed by atoms with E-state index in [1.807, 2.05) is 24.3 Å². The van der Waals surface area contributed by atoms with Crippen LogP contribution in [0.5, 0.6) is 11.5 Å². The first kappa shape index (κ1) is 19.6. The number of hydrogen-bond acceptors (Lipinski definition) is 4. The Morgan fingerprint density at radius 1 is 1.26 bits per heavy atom. The molecular formula is C17H27ClN2O3. The van der Waals surface area contributed by atoms with Gasteiger partial charge in [0.1, 0.15) is 11.5 Å². The van der Waals surface area contributed by atoms with Crippen molar-refractivity contribution < 1.29 is 14.3 Å². The maximum atomic E-state index is 11.9. The van der Waals surface area contributed by atoms with Crippen molar-refractivity contribution in [2.45, 2.75) is 45.2 Å². The van der Waals surface area contributed by atoms with Crippen LogP contribution in [0.4, 0.5) is 0 Å². The van der Waals surface area contributed by atoms with Crippen LogP contribution in [0.1, 0.15) is 33.1 Å². The van der Waals surface area contributed by atoms with Gasteiger partial charge in [-0.1, -0.05) is 6.92 Å². The van der Waals surface area contributed by atoms with Gasteiger partial charge in [-0.15, -0.1) is 12.4 Å². The topological polar surface area (TPSA) is 59.6 Å². The number of carbonyl (C=O) groups is 1. The molecule has 0 aromatic heterocycles. The molecule has 1 aliphatic rings. The Labute approximate surface area is 144 Å². The van der Waals surface area contributed by atoms with E-state index in [1.54, 1.807) is 0 Å². The second-order valence-corrected chi connectivity index (χ2v) is 5.75. The van der Waals surface area contributed by atoms with Crippen LogP contribution < -0.4 is 20.1 Å². The Balaban J connectivity index is 0.00000264. The first-order valence-electron chi connectivity index (χ1n) is 8.05. The largest absolute Gasteiger partial charge is 0.494 e. The third-order valence-corrected chi connectivity index (χ3v) is 3.66. The normalized spacial score (nSPS) is 20.3. The molecule has 1 heterocycles. The summed E-state index contributed by atoms with van der Waals surface area (Å²) in [6.07, 6.45) is 2.92. The zero-order chi connectivity index (χ0) is 15.8. The van der Waals surface area contributed by atoms with Crippen LogP contribution >= 0.6 is 12.4 Å². The van der Waals surface area contributed by atoms with Gasteiger partial charge >= 0.3 is 0 Å². The molecule has 23 heavy (non-hydrogen) atoms. The summed E-state index contributed by atoms with van der Waals surface area (Å²) in [5.74, 6) is 1.44. The number of benzene rings is 1. The molecule has 0 spiro atoms. The van der Waals surface area contributed by atoms with Crippen molar-refractivity contribution >= 4 is 18.3 Å². The molecule has 1 fully saturated rings. The number of halogens is 1. The van der Waals surface area contributed by atoms with Crippen LogP contribution in [0.3, 0.4) is 0 Å². The summed E-state index contributed by atoms with van der Waals surface area (Å²) in [6, 6.07) is 8.07. The molecule has 1 aliphatic heterocycles. The predicted octanol–water partition coefficient (Wildman–Crippen LogP) is 2.53. The highest BCUT2D eigenvalue weighted by atomic mass is 35.5. The number of piperidine rings is 1. The Morgan fingerprint density at radius 3 is 2.52 bits per heavy atom. The lowest BCUT2D eigenvalue weighted by molar-refractivity contribution is -0.124. The highest BCUT2D eigenvalue weighted by Crippen LogP contribution is 2.17. The van der Waals surface area contributed by atoms with Crippen LogP contribution in [-0.2, 0) is 4.79 Å². The van der Waals surface area contributed by atoms with Crippen LogP contribution in [0.25, 0.3) is 0 Å². The second kappa shape index (κ2) is 10.3. The lowest BCUT2D eigenvalue weighted by atomic mass is 10.0. The smallest absolute Gasteiger partial charge is 0.258 e. The van der Waals surface area contributed by atoms with E-state index >= 15 is 0 Å². The van der Waals surface area contributed by atoms with Crippen LogP contribution in [-0.4, -0.2) is 37.7 Å². The first-order valence-corrected chi connectivity index (χ1v) is 8.05. The van der Waals surface area contributed by atoms with Crippen LogP contribution in [0.2, 0.25) is 0 Å². The highest BCUT2D eigenvalue weighted by Gasteiger charge is 2.19. The molecule has 5 nitrogen and oxygen atoms in total. The molecule has 1 amide bonds. The minimum Gasteiger partial charge on any atom is -0.494 e. The van der Waals surface area contributed by atoms with Gasteiger partial charge < -0.3 is 20.1 Å². The summed E-state index contributed by atoms with van der Waals surface area (Å²) in [7, 11) is 0. The predicted molar refractivity (Wildman–Crippen MR) is 93.6 cm³/mol. The second-order valence-electron chi connectivity index (χ2n) is 5.75. The van der Waals surface area contributed by atoms with E-state index in [4.69, 9.17) is 9.47 Å². The van der Waals surface area contributed by atoms with Crippen molar-refractivity contribution in [2.75, 3.05) is 19.8 Å². The Hall–Kier alpha value is -1.46. The van der Waals surface area contributed by atoms with E-state index < -0.39 is 0 Å².